The summed E-state index contributed by atoms with van der Waals surface area (Å²) in [5, 5.41) is 13.9. The maximum atomic E-state index is 9.73. The van der Waals surface area contributed by atoms with Crippen molar-refractivity contribution in [3.8, 4) is 0 Å². The van der Waals surface area contributed by atoms with Crippen LogP contribution in [0.3, 0.4) is 0 Å². The Hall–Kier alpha value is -1.51. The fraction of sp³-hybridized carbons (Fsp3) is 0.294. The Morgan fingerprint density at radius 2 is 1.65 bits per heavy atom. The predicted octanol–water partition coefficient (Wildman–Crippen LogP) is 4.05. The van der Waals surface area contributed by atoms with Gasteiger partial charge in [-0.15, -0.1) is 0 Å². The van der Waals surface area contributed by atoms with E-state index in [1.54, 1.807) is 0 Å². The number of aliphatic hydroxyl groups excluding tert-OH is 1. The first kappa shape index (κ1) is 14.9. The van der Waals surface area contributed by atoms with E-state index < -0.39 is 5.54 Å². The van der Waals surface area contributed by atoms with Gasteiger partial charge in [0, 0.05) is 10.7 Å². The molecule has 3 heteroatoms. The first-order valence-corrected chi connectivity index (χ1v) is 7.09. The topological polar surface area (TPSA) is 32.3 Å². The molecule has 0 aliphatic carbocycles. The highest BCUT2D eigenvalue weighted by molar-refractivity contribution is 6.30. The maximum absolute atomic E-state index is 9.73. The zero-order valence-corrected chi connectivity index (χ0v) is 12.6. The van der Waals surface area contributed by atoms with Crippen molar-refractivity contribution in [2.45, 2.75) is 25.8 Å². The lowest BCUT2D eigenvalue weighted by atomic mass is 9.93. The number of halogens is 1. The first-order chi connectivity index (χ1) is 9.50. The van der Waals surface area contributed by atoms with Crippen molar-refractivity contribution in [1.29, 1.82) is 0 Å². The second-order valence-electron chi connectivity index (χ2n) is 5.51. The smallest absolute Gasteiger partial charge is 0.0662 e. The number of benzene rings is 2. The SMILES string of the molecule is Cc1ccc(NC(C)(CO)Cc2ccc(Cl)cc2)cc1. The maximum Gasteiger partial charge on any atom is 0.0662 e. The molecule has 0 radical (unpaired) electrons. The van der Waals surface area contributed by atoms with Gasteiger partial charge in [-0.3, -0.25) is 0 Å². The van der Waals surface area contributed by atoms with E-state index in [0.29, 0.717) is 0 Å². The molecule has 0 spiro atoms. The van der Waals surface area contributed by atoms with E-state index in [9.17, 15) is 5.11 Å². The zero-order chi connectivity index (χ0) is 14.6. The number of anilines is 1. The van der Waals surface area contributed by atoms with Crippen LogP contribution >= 0.6 is 11.6 Å². The fourth-order valence-corrected chi connectivity index (χ4v) is 2.30. The number of nitrogens with one attached hydrogen (secondary N) is 1. The molecule has 0 amide bonds. The molecule has 0 aliphatic rings. The van der Waals surface area contributed by atoms with Crippen molar-refractivity contribution in [2.75, 3.05) is 11.9 Å². The highest BCUT2D eigenvalue weighted by Crippen LogP contribution is 2.21. The van der Waals surface area contributed by atoms with Gasteiger partial charge in [0.15, 0.2) is 0 Å². The quantitative estimate of drug-likeness (QED) is 0.870. The normalized spacial score (nSPS) is 13.8. The summed E-state index contributed by atoms with van der Waals surface area (Å²) >= 11 is 5.90. The lowest BCUT2D eigenvalue weighted by Crippen LogP contribution is -2.41. The third kappa shape index (κ3) is 3.99. The fourth-order valence-electron chi connectivity index (χ4n) is 2.18. The highest BCUT2D eigenvalue weighted by Gasteiger charge is 2.23. The van der Waals surface area contributed by atoms with Gasteiger partial charge in [0.25, 0.3) is 0 Å². The molecule has 2 aromatic rings. The van der Waals surface area contributed by atoms with Crippen LogP contribution in [0.25, 0.3) is 0 Å². The van der Waals surface area contributed by atoms with Gasteiger partial charge < -0.3 is 10.4 Å². The summed E-state index contributed by atoms with van der Waals surface area (Å²) in [4.78, 5) is 0. The van der Waals surface area contributed by atoms with Crippen molar-refractivity contribution in [3.63, 3.8) is 0 Å². The van der Waals surface area contributed by atoms with Crippen LogP contribution in [0, 0.1) is 6.92 Å². The minimum absolute atomic E-state index is 0.0590. The molecule has 2 nitrogen and oxygen atoms in total. The summed E-state index contributed by atoms with van der Waals surface area (Å²) in [6.45, 7) is 4.13. The number of aryl methyl sites for hydroxylation is 1. The van der Waals surface area contributed by atoms with E-state index in [0.717, 1.165) is 22.7 Å². The average Bonchev–Trinajstić information content (AvgIpc) is 2.44. The van der Waals surface area contributed by atoms with Crippen molar-refractivity contribution >= 4 is 17.3 Å². The summed E-state index contributed by atoms with van der Waals surface area (Å²) in [5.41, 5.74) is 2.98. The van der Waals surface area contributed by atoms with Gasteiger partial charge in [0.1, 0.15) is 0 Å². The van der Waals surface area contributed by atoms with Crippen molar-refractivity contribution in [3.05, 3.63) is 64.7 Å². The number of hydrogen-bond acceptors (Lipinski definition) is 2. The zero-order valence-electron chi connectivity index (χ0n) is 11.9. The third-order valence-electron chi connectivity index (χ3n) is 3.35. The van der Waals surface area contributed by atoms with E-state index in [-0.39, 0.29) is 6.61 Å². The molecule has 2 rings (SSSR count). The first-order valence-electron chi connectivity index (χ1n) is 6.71. The lowest BCUT2D eigenvalue weighted by molar-refractivity contribution is 0.222. The van der Waals surface area contributed by atoms with Crippen LogP contribution in [0.5, 0.6) is 0 Å². The molecule has 2 aromatic carbocycles. The largest absolute Gasteiger partial charge is 0.394 e. The van der Waals surface area contributed by atoms with Crippen LogP contribution in [-0.4, -0.2) is 17.3 Å². The van der Waals surface area contributed by atoms with Crippen LogP contribution in [0.15, 0.2) is 48.5 Å². The van der Waals surface area contributed by atoms with Gasteiger partial charge in [-0.1, -0.05) is 41.4 Å². The van der Waals surface area contributed by atoms with Crippen LogP contribution in [-0.2, 0) is 6.42 Å². The molecule has 2 N–H and O–H groups in total. The van der Waals surface area contributed by atoms with Crippen LogP contribution in [0.2, 0.25) is 5.02 Å². The van der Waals surface area contributed by atoms with Gasteiger partial charge in [-0.25, -0.2) is 0 Å². The van der Waals surface area contributed by atoms with E-state index in [4.69, 9.17) is 11.6 Å². The molecule has 106 valence electrons. The summed E-state index contributed by atoms with van der Waals surface area (Å²) in [7, 11) is 0. The molecule has 1 unspecified atom stereocenters. The molecule has 0 saturated heterocycles. The second kappa shape index (κ2) is 6.29. The average molecular weight is 290 g/mol. The van der Waals surface area contributed by atoms with Crippen LogP contribution in [0.1, 0.15) is 18.1 Å². The summed E-state index contributed by atoms with van der Waals surface area (Å²) < 4.78 is 0. The number of aliphatic hydroxyl groups is 1. The van der Waals surface area contributed by atoms with Gasteiger partial charge >= 0.3 is 0 Å². The van der Waals surface area contributed by atoms with Crippen molar-refractivity contribution in [2.24, 2.45) is 0 Å². The highest BCUT2D eigenvalue weighted by atomic mass is 35.5. The van der Waals surface area contributed by atoms with Crippen molar-refractivity contribution in [1.82, 2.24) is 0 Å². The van der Waals surface area contributed by atoms with E-state index >= 15 is 0 Å². The van der Waals surface area contributed by atoms with E-state index in [2.05, 4.69) is 24.4 Å². The molecule has 0 aliphatic heterocycles. The van der Waals surface area contributed by atoms with E-state index in [1.165, 1.54) is 5.56 Å². The summed E-state index contributed by atoms with van der Waals surface area (Å²) in [6, 6.07) is 15.9. The minimum Gasteiger partial charge on any atom is -0.394 e. The van der Waals surface area contributed by atoms with Gasteiger partial charge in [0.05, 0.1) is 12.1 Å². The Morgan fingerprint density at radius 1 is 1.05 bits per heavy atom. The second-order valence-corrected chi connectivity index (χ2v) is 5.95. The van der Waals surface area contributed by atoms with E-state index in [1.807, 2.05) is 43.3 Å². The molecular weight excluding hydrogens is 270 g/mol. The lowest BCUT2D eigenvalue weighted by Gasteiger charge is -2.30. The molecule has 20 heavy (non-hydrogen) atoms. The summed E-state index contributed by atoms with van der Waals surface area (Å²) in [6.07, 6.45) is 0.731. The Labute approximate surface area is 125 Å². The predicted molar refractivity (Wildman–Crippen MR) is 85.4 cm³/mol. The monoisotopic (exact) mass is 289 g/mol. The molecule has 0 heterocycles. The minimum atomic E-state index is -0.400. The third-order valence-corrected chi connectivity index (χ3v) is 3.61. The molecule has 0 aromatic heterocycles. The van der Waals surface area contributed by atoms with Crippen molar-refractivity contribution < 1.29 is 5.11 Å². The number of rotatable bonds is 5. The summed E-state index contributed by atoms with van der Waals surface area (Å²) in [5.74, 6) is 0. The van der Waals surface area contributed by atoms with Crippen LogP contribution < -0.4 is 5.32 Å². The molecular formula is C17H20ClNO. The number of hydrogen-bond donors (Lipinski definition) is 2. The molecule has 0 bridgehead atoms. The molecule has 0 saturated carbocycles. The van der Waals surface area contributed by atoms with Gasteiger partial charge in [-0.05, 0) is 50.1 Å². The Kier molecular flexibility index (Phi) is 4.69. The Bertz CT molecular complexity index is 501. The van der Waals surface area contributed by atoms with Gasteiger partial charge in [0.2, 0.25) is 0 Å². The Balaban J connectivity index is 2.12. The molecule has 1 atom stereocenters. The van der Waals surface area contributed by atoms with Gasteiger partial charge in [-0.2, -0.15) is 0 Å². The van der Waals surface area contributed by atoms with Crippen LogP contribution in [0.4, 0.5) is 5.69 Å². The molecule has 0 fully saturated rings. The standard InChI is InChI=1S/C17H20ClNO/c1-13-3-9-16(10-4-13)19-17(2,12-20)11-14-5-7-15(18)8-6-14/h3-10,19-20H,11-12H2,1-2H3. The Morgan fingerprint density at radius 3 is 2.20 bits per heavy atom.